The summed E-state index contributed by atoms with van der Waals surface area (Å²) >= 11 is 0. The van der Waals surface area contributed by atoms with Crippen LogP contribution in [0.2, 0.25) is 0 Å². The minimum absolute atomic E-state index is 0.185. The third-order valence-corrected chi connectivity index (χ3v) is 4.41. The van der Waals surface area contributed by atoms with Crippen LogP contribution in [0, 0.1) is 5.82 Å². The molecule has 1 aromatic rings. The van der Waals surface area contributed by atoms with Crippen molar-refractivity contribution < 1.29 is 18.7 Å². The average Bonchev–Trinajstić information content (AvgIpc) is 2.94. The quantitative estimate of drug-likeness (QED) is 0.850. The van der Waals surface area contributed by atoms with E-state index in [0.717, 1.165) is 19.6 Å². The van der Waals surface area contributed by atoms with Crippen molar-refractivity contribution in [1.29, 1.82) is 0 Å². The molecule has 0 spiro atoms. The van der Waals surface area contributed by atoms with E-state index in [-0.39, 0.29) is 24.8 Å². The molecule has 0 aliphatic carbocycles. The van der Waals surface area contributed by atoms with Gasteiger partial charge in [0.1, 0.15) is 11.9 Å². The maximum absolute atomic E-state index is 14.6. The molecule has 0 radical (unpaired) electrons. The summed E-state index contributed by atoms with van der Waals surface area (Å²) in [6.45, 7) is 6.28. The fraction of sp³-hybridized carbons (Fsp3) is 0.529. The monoisotopic (exact) mass is 350 g/mol. The zero-order chi connectivity index (χ0) is 18.0. The second-order valence-corrected chi connectivity index (χ2v) is 6.49. The molecule has 1 aromatic carbocycles. The summed E-state index contributed by atoms with van der Waals surface area (Å²) in [5.41, 5.74) is 0.999. The Hall–Kier alpha value is -2.35. The lowest BCUT2D eigenvalue weighted by molar-refractivity contribution is -0.119. The number of rotatable bonds is 4. The number of hydrogen-bond donors (Lipinski definition) is 2. The summed E-state index contributed by atoms with van der Waals surface area (Å²) < 4.78 is 19.8. The number of anilines is 2. The molecule has 2 saturated heterocycles. The van der Waals surface area contributed by atoms with Gasteiger partial charge in [0, 0.05) is 32.6 Å². The Bertz CT molecular complexity index is 669. The first-order chi connectivity index (χ1) is 11.9. The van der Waals surface area contributed by atoms with Crippen molar-refractivity contribution in [3.05, 3.63) is 24.0 Å². The lowest BCUT2D eigenvalue weighted by Gasteiger charge is -2.34. The molecule has 2 aliphatic rings. The molecule has 0 aromatic heterocycles. The Morgan fingerprint density at radius 2 is 2.24 bits per heavy atom. The van der Waals surface area contributed by atoms with Crippen LogP contribution in [0.15, 0.2) is 18.2 Å². The van der Waals surface area contributed by atoms with E-state index in [4.69, 9.17) is 4.74 Å². The van der Waals surface area contributed by atoms with Crippen LogP contribution >= 0.6 is 0 Å². The van der Waals surface area contributed by atoms with Crippen molar-refractivity contribution in [1.82, 2.24) is 10.6 Å². The first-order valence-corrected chi connectivity index (χ1v) is 8.44. The minimum Gasteiger partial charge on any atom is -0.442 e. The normalized spacial score (nSPS) is 23.6. The number of piperazine rings is 1. The van der Waals surface area contributed by atoms with E-state index in [1.54, 1.807) is 12.1 Å². The maximum Gasteiger partial charge on any atom is 0.414 e. The number of hydrogen-bond acceptors (Lipinski definition) is 5. The standard InChI is InChI=1S/C17H23FN4O3/c1-11-9-21(6-5-19-11)16-4-3-13(7-15(16)18)22-10-14(25-17(22)24)8-20-12(2)23/h3-4,7,11,14,19H,5-6,8-10H2,1-2H3,(H,20,23)/t11?,14-/m0/s1. The molecule has 2 amide bonds. The Labute approximate surface area is 146 Å². The molecule has 2 fully saturated rings. The van der Waals surface area contributed by atoms with Gasteiger partial charge in [0.25, 0.3) is 0 Å². The van der Waals surface area contributed by atoms with Crippen LogP contribution < -0.4 is 20.4 Å². The molecule has 8 heteroatoms. The average molecular weight is 350 g/mol. The first kappa shape index (κ1) is 17.5. The second-order valence-electron chi connectivity index (χ2n) is 6.49. The van der Waals surface area contributed by atoms with Crippen LogP contribution in [-0.4, -0.2) is 56.9 Å². The molecule has 2 N–H and O–H groups in total. The fourth-order valence-electron chi connectivity index (χ4n) is 3.17. The van der Waals surface area contributed by atoms with Crippen LogP contribution in [0.1, 0.15) is 13.8 Å². The van der Waals surface area contributed by atoms with Gasteiger partial charge in [-0.05, 0) is 25.1 Å². The number of halogens is 1. The van der Waals surface area contributed by atoms with Gasteiger partial charge in [-0.2, -0.15) is 0 Å². The van der Waals surface area contributed by atoms with Gasteiger partial charge >= 0.3 is 6.09 Å². The first-order valence-electron chi connectivity index (χ1n) is 8.44. The molecule has 3 rings (SSSR count). The number of amides is 2. The van der Waals surface area contributed by atoms with Crippen molar-refractivity contribution in [3.63, 3.8) is 0 Å². The molecular formula is C17H23FN4O3. The molecule has 0 saturated carbocycles. The number of cyclic esters (lactones) is 1. The second kappa shape index (κ2) is 7.26. The molecule has 25 heavy (non-hydrogen) atoms. The number of nitrogens with one attached hydrogen (secondary N) is 2. The summed E-state index contributed by atoms with van der Waals surface area (Å²) in [6, 6.07) is 5.10. The third kappa shape index (κ3) is 4.01. The zero-order valence-electron chi connectivity index (χ0n) is 14.4. The van der Waals surface area contributed by atoms with E-state index < -0.39 is 12.2 Å². The van der Waals surface area contributed by atoms with Gasteiger partial charge in [0.15, 0.2) is 0 Å². The number of carbonyl (C=O) groups excluding carboxylic acids is 2. The van der Waals surface area contributed by atoms with Gasteiger partial charge in [-0.3, -0.25) is 9.69 Å². The topological polar surface area (TPSA) is 73.9 Å². The van der Waals surface area contributed by atoms with E-state index in [1.165, 1.54) is 17.9 Å². The molecule has 2 heterocycles. The number of nitrogens with zero attached hydrogens (tertiary/aromatic N) is 2. The molecule has 2 aliphatic heterocycles. The predicted molar refractivity (Wildman–Crippen MR) is 92.4 cm³/mol. The maximum atomic E-state index is 14.6. The molecule has 0 bridgehead atoms. The van der Waals surface area contributed by atoms with Gasteiger partial charge in [-0.1, -0.05) is 0 Å². The Balaban J connectivity index is 1.70. The SMILES string of the molecule is CC(=O)NC[C@H]1CN(c2ccc(N3CCNC(C)C3)c(F)c2)C(=O)O1. The molecule has 2 atom stereocenters. The molecule has 136 valence electrons. The van der Waals surface area contributed by atoms with Crippen molar-refractivity contribution in [2.45, 2.75) is 26.0 Å². The van der Waals surface area contributed by atoms with E-state index in [9.17, 15) is 14.0 Å². The van der Waals surface area contributed by atoms with E-state index in [0.29, 0.717) is 17.4 Å². The van der Waals surface area contributed by atoms with Gasteiger partial charge in [0.05, 0.1) is 24.5 Å². The van der Waals surface area contributed by atoms with E-state index in [1.807, 2.05) is 4.90 Å². The minimum atomic E-state index is -0.529. The van der Waals surface area contributed by atoms with Crippen molar-refractivity contribution in [3.8, 4) is 0 Å². The Morgan fingerprint density at radius 1 is 1.44 bits per heavy atom. The summed E-state index contributed by atoms with van der Waals surface area (Å²) in [4.78, 5) is 26.4. The fourth-order valence-corrected chi connectivity index (χ4v) is 3.17. The predicted octanol–water partition coefficient (Wildman–Crippen LogP) is 1.09. The van der Waals surface area contributed by atoms with Crippen LogP contribution in [0.5, 0.6) is 0 Å². The molecule has 1 unspecified atom stereocenters. The zero-order valence-corrected chi connectivity index (χ0v) is 14.4. The summed E-state index contributed by atoms with van der Waals surface area (Å²) in [5.74, 6) is -0.542. The molecule has 7 nitrogen and oxygen atoms in total. The van der Waals surface area contributed by atoms with Gasteiger partial charge in [-0.25, -0.2) is 9.18 Å². The smallest absolute Gasteiger partial charge is 0.414 e. The van der Waals surface area contributed by atoms with Crippen molar-refractivity contribution in [2.75, 3.05) is 42.5 Å². The van der Waals surface area contributed by atoms with Crippen molar-refractivity contribution in [2.24, 2.45) is 0 Å². The highest BCUT2D eigenvalue weighted by Gasteiger charge is 2.33. The van der Waals surface area contributed by atoms with Gasteiger partial charge in [0.2, 0.25) is 5.91 Å². The third-order valence-electron chi connectivity index (χ3n) is 4.41. The van der Waals surface area contributed by atoms with Crippen LogP contribution in [0.25, 0.3) is 0 Å². The summed E-state index contributed by atoms with van der Waals surface area (Å²) in [7, 11) is 0. The molecular weight excluding hydrogens is 327 g/mol. The number of ether oxygens (including phenoxy) is 1. The lowest BCUT2D eigenvalue weighted by Crippen LogP contribution is -2.49. The number of benzene rings is 1. The Kier molecular flexibility index (Phi) is 5.08. The van der Waals surface area contributed by atoms with Crippen LogP contribution in [0.4, 0.5) is 20.6 Å². The highest BCUT2D eigenvalue weighted by atomic mass is 19.1. The highest BCUT2D eigenvalue weighted by molar-refractivity contribution is 5.90. The largest absolute Gasteiger partial charge is 0.442 e. The lowest BCUT2D eigenvalue weighted by atomic mass is 10.1. The van der Waals surface area contributed by atoms with Crippen molar-refractivity contribution >= 4 is 23.4 Å². The van der Waals surface area contributed by atoms with Crippen LogP contribution in [0.3, 0.4) is 0 Å². The van der Waals surface area contributed by atoms with Gasteiger partial charge in [-0.15, -0.1) is 0 Å². The van der Waals surface area contributed by atoms with Crippen LogP contribution in [-0.2, 0) is 9.53 Å². The van der Waals surface area contributed by atoms with Gasteiger partial charge < -0.3 is 20.3 Å². The summed E-state index contributed by atoms with van der Waals surface area (Å²) in [5, 5.41) is 5.94. The van der Waals surface area contributed by atoms with E-state index >= 15 is 0 Å². The summed E-state index contributed by atoms with van der Waals surface area (Å²) in [6.07, 6.45) is -0.966. The Morgan fingerprint density at radius 3 is 2.92 bits per heavy atom. The highest BCUT2D eigenvalue weighted by Crippen LogP contribution is 2.28. The van der Waals surface area contributed by atoms with E-state index in [2.05, 4.69) is 17.6 Å². The number of carbonyl (C=O) groups is 2.